The molecule has 1 N–H and O–H groups in total. The van der Waals surface area contributed by atoms with E-state index in [9.17, 15) is 0 Å². The van der Waals surface area contributed by atoms with Crippen molar-refractivity contribution in [2.75, 3.05) is 12.4 Å². The topological polar surface area (TPSA) is 47.0 Å². The Kier molecular flexibility index (Phi) is 4.79. The minimum absolute atomic E-state index is 0.526. The van der Waals surface area contributed by atoms with Crippen LogP contribution < -0.4 is 10.1 Å². The quantitative estimate of drug-likeness (QED) is 0.896. The van der Waals surface area contributed by atoms with Crippen LogP contribution in [-0.4, -0.2) is 17.0 Å². The molecule has 0 amide bonds. The van der Waals surface area contributed by atoms with Gasteiger partial charge in [-0.05, 0) is 31.0 Å². The van der Waals surface area contributed by atoms with Gasteiger partial charge in [-0.25, -0.2) is 4.98 Å². The molecule has 0 aliphatic rings. The van der Waals surface area contributed by atoms with E-state index < -0.39 is 0 Å². The van der Waals surface area contributed by atoms with Gasteiger partial charge in [-0.15, -0.1) is 0 Å². The van der Waals surface area contributed by atoms with Gasteiger partial charge in [-0.2, -0.15) is 4.98 Å². The Morgan fingerprint density at radius 3 is 2.75 bits per heavy atom. The Bertz CT molecular complexity index is 602. The molecule has 4 nitrogen and oxygen atoms in total. The molecular formula is C15H18ClN3O. The van der Waals surface area contributed by atoms with Gasteiger partial charge >= 0.3 is 0 Å². The number of ether oxygens (including phenoxy) is 1. The molecule has 0 spiro atoms. The molecule has 1 aromatic carbocycles. The van der Waals surface area contributed by atoms with E-state index >= 15 is 0 Å². The zero-order chi connectivity index (χ0) is 14.5. The predicted molar refractivity (Wildman–Crippen MR) is 81.8 cm³/mol. The normalized spacial score (nSPS) is 10.4. The first kappa shape index (κ1) is 14.6. The van der Waals surface area contributed by atoms with Crippen LogP contribution in [0.4, 0.5) is 5.82 Å². The second-order valence-corrected chi connectivity index (χ2v) is 4.96. The summed E-state index contributed by atoms with van der Waals surface area (Å²) in [7, 11) is 1.83. The SMILES string of the molecule is CCCc1nc(NC)cc(Oc2cc(Cl)ccc2C)n1. The van der Waals surface area contributed by atoms with Crippen LogP contribution in [0.25, 0.3) is 0 Å². The van der Waals surface area contributed by atoms with Gasteiger partial charge in [0.1, 0.15) is 17.4 Å². The summed E-state index contributed by atoms with van der Waals surface area (Å²) in [5, 5.41) is 3.66. The highest BCUT2D eigenvalue weighted by Gasteiger charge is 2.08. The van der Waals surface area contributed by atoms with Gasteiger partial charge in [0.15, 0.2) is 0 Å². The first-order chi connectivity index (χ1) is 9.62. The number of aromatic nitrogens is 2. The van der Waals surface area contributed by atoms with Crippen molar-refractivity contribution in [2.45, 2.75) is 26.7 Å². The monoisotopic (exact) mass is 291 g/mol. The molecular weight excluding hydrogens is 274 g/mol. The van der Waals surface area contributed by atoms with E-state index in [0.29, 0.717) is 16.7 Å². The van der Waals surface area contributed by atoms with Crippen molar-refractivity contribution in [1.29, 1.82) is 0 Å². The Labute approximate surface area is 124 Å². The molecule has 2 rings (SSSR count). The second-order valence-electron chi connectivity index (χ2n) is 4.52. The second kappa shape index (κ2) is 6.57. The lowest BCUT2D eigenvalue weighted by Gasteiger charge is -2.10. The average Bonchev–Trinajstić information content (AvgIpc) is 2.43. The molecule has 20 heavy (non-hydrogen) atoms. The van der Waals surface area contributed by atoms with E-state index in [1.54, 1.807) is 12.1 Å². The molecule has 1 aromatic heterocycles. The lowest BCUT2D eigenvalue weighted by atomic mass is 10.2. The van der Waals surface area contributed by atoms with Crippen molar-refractivity contribution in [1.82, 2.24) is 9.97 Å². The number of nitrogens with zero attached hydrogens (tertiary/aromatic N) is 2. The maximum atomic E-state index is 6.00. The van der Waals surface area contributed by atoms with E-state index in [4.69, 9.17) is 16.3 Å². The smallest absolute Gasteiger partial charge is 0.224 e. The van der Waals surface area contributed by atoms with E-state index in [1.165, 1.54) is 0 Å². The first-order valence-electron chi connectivity index (χ1n) is 6.62. The highest BCUT2D eigenvalue weighted by atomic mass is 35.5. The molecule has 0 radical (unpaired) electrons. The van der Waals surface area contributed by atoms with Gasteiger partial charge in [0.05, 0.1) is 0 Å². The van der Waals surface area contributed by atoms with Gasteiger partial charge in [-0.3, -0.25) is 0 Å². The predicted octanol–water partition coefficient (Wildman–Crippen LogP) is 4.22. The third-order valence-electron chi connectivity index (χ3n) is 2.84. The van der Waals surface area contributed by atoms with Gasteiger partial charge < -0.3 is 10.1 Å². The molecule has 0 aliphatic heterocycles. The summed E-state index contributed by atoms with van der Waals surface area (Å²) in [5.74, 6) is 2.76. The largest absolute Gasteiger partial charge is 0.439 e. The number of rotatable bonds is 5. The Balaban J connectivity index is 2.32. The number of anilines is 1. The standard InChI is InChI=1S/C15H18ClN3O/c1-4-5-13-18-14(17-3)9-15(19-13)20-12-8-11(16)7-6-10(12)2/h6-9H,4-5H2,1-3H3,(H,17,18,19). The molecule has 2 aromatic rings. The Hall–Kier alpha value is -1.81. The molecule has 0 atom stereocenters. The summed E-state index contributed by atoms with van der Waals surface area (Å²) in [6.07, 6.45) is 1.81. The molecule has 0 unspecified atom stereocenters. The summed E-state index contributed by atoms with van der Waals surface area (Å²) in [4.78, 5) is 8.82. The van der Waals surface area contributed by atoms with Gasteiger partial charge in [0.2, 0.25) is 5.88 Å². The minimum atomic E-state index is 0.526. The molecule has 0 bridgehead atoms. The highest BCUT2D eigenvalue weighted by molar-refractivity contribution is 6.30. The number of halogens is 1. The summed E-state index contributed by atoms with van der Waals surface area (Å²) in [6.45, 7) is 4.07. The highest BCUT2D eigenvalue weighted by Crippen LogP contribution is 2.27. The third-order valence-corrected chi connectivity index (χ3v) is 3.08. The number of hydrogen-bond donors (Lipinski definition) is 1. The van der Waals surface area contributed by atoms with Crippen molar-refractivity contribution in [3.05, 3.63) is 40.7 Å². The zero-order valence-electron chi connectivity index (χ0n) is 11.9. The van der Waals surface area contributed by atoms with Crippen LogP contribution in [-0.2, 0) is 6.42 Å². The van der Waals surface area contributed by atoms with Crippen LogP contribution in [0.3, 0.4) is 0 Å². The molecule has 0 saturated heterocycles. The van der Waals surface area contributed by atoms with Crippen LogP contribution in [0.15, 0.2) is 24.3 Å². The summed E-state index contributed by atoms with van der Waals surface area (Å²) in [6, 6.07) is 7.33. The number of hydrogen-bond acceptors (Lipinski definition) is 4. The van der Waals surface area contributed by atoms with E-state index in [0.717, 1.165) is 30.0 Å². The van der Waals surface area contributed by atoms with Crippen molar-refractivity contribution in [3.8, 4) is 11.6 Å². The summed E-state index contributed by atoms with van der Waals surface area (Å²) < 4.78 is 5.84. The summed E-state index contributed by atoms with van der Waals surface area (Å²) in [5.41, 5.74) is 1.01. The Morgan fingerprint density at radius 1 is 1.25 bits per heavy atom. The third kappa shape index (κ3) is 3.61. The molecule has 0 fully saturated rings. The van der Waals surface area contributed by atoms with Crippen molar-refractivity contribution in [3.63, 3.8) is 0 Å². The molecule has 1 heterocycles. The van der Waals surface area contributed by atoms with E-state index in [-0.39, 0.29) is 0 Å². The van der Waals surface area contributed by atoms with E-state index in [1.807, 2.05) is 26.1 Å². The molecule has 106 valence electrons. The maximum Gasteiger partial charge on any atom is 0.224 e. The summed E-state index contributed by atoms with van der Waals surface area (Å²) >= 11 is 6.00. The fraction of sp³-hybridized carbons (Fsp3) is 0.333. The van der Waals surface area contributed by atoms with E-state index in [2.05, 4.69) is 22.2 Å². The number of aryl methyl sites for hydroxylation is 2. The molecule has 0 aliphatic carbocycles. The average molecular weight is 292 g/mol. The van der Waals surface area contributed by atoms with Crippen LogP contribution in [0.1, 0.15) is 24.7 Å². The number of benzene rings is 1. The van der Waals surface area contributed by atoms with Gasteiger partial charge in [0, 0.05) is 24.6 Å². The maximum absolute atomic E-state index is 6.00. The first-order valence-corrected chi connectivity index (χ1v) is 7.00. The van der Waals surface area contributed by atoms with Crippen LogP contribution in [0.2, 0.25) is 5.02 Å². The Morgan fingerprint density at radius 2 is 2.05 bits per heavy atom. The van der Waals surface area contributed by atoms with Crippen molar-refractivity contribution < 1.29 is 4.74 Å². The van der Waals surface area contributed by atoms with Gasteiger partial charge in [-0.1, -0.05) is 24.6 Å². The molecule has 0 saturated carbocycles. The zero-order valence-corrected chi connectivity index (χ0v) is 12.7. The molecule has 5 heteroatoms. The van der Waals surface area contributed by atoms with Crippen LogP contribution in [0.5, 0.6) is 11.6 Å². The lowest BCUT2D eigenvalue weighted by Crippen LogP contribution is -2.02. The van der Waals surface area contributed by atoms with Gasteiger partial charge in [0.25, 0.3) is 0 Å². The minimum Gasteiger partial charge on any atom is -0.439 e. The lowest BCUT2D eigenvalue weighted by molar-refractivity contribution is 0.455. The fourth-order valence-corrected chi connectivity index (χ4v) is 1.95. The van der Waals surface area contributed by atoms with Crippen LogP contribution in [0, 0.1) is 6.92 Å². The van der Waals surface area contributed by atoms with Crippen molar-refractivity contribution in [2.24, 2.45) is 0 Å². The van der Waals surface area contributed by atoms with Crippen LogP contribution >= 0.6 is 11.6 Å². The number of nitrogens with one attached hydrogen (secondary N) is 1. The van der Waals surface area contributed by atoms with Crippen molar-refractivity contribution >= 4 is 17.4 Å². The fourth-order valence-electron chi connectivity index (χ4n) is 1.79.